The number of fused-ring (bicyclic) bond motifs is 1. The quantitative estimate of drug-likeness (QED) is 0.564. The van der Waals surface area contributed by atoms with Gasteiger partial charge in [-0.2, -0.15) is 5.26 Å². The Labute approximate surface area is 170 Å². The Kier molecular flexibility index (Phi) is 6.15. The lowest BCUT2D eigenvalue weighted by molar-refractivity contribution is -0.120. The van der Waals surface area contributed by atoms with Crippen molar-refractivity contribution in [3.8, 4) is 11.8 Å². The highest BCUT2D eigenvalue weighted by atomic mass is 35.5. The fourth-order valence-electron chi connectivity index (χ4n) is 2.86. The van der Waals surface area contributed by atoms with Crippen LogP contribution in [0, 0.1) is 24.1 Å². The fourth-order valence-corrected chi connectivity index (χ4v) is 3.08. The van der Waals surface area contributed by atoms with Crippen molar-refractivity contribution < 1.29 is 18.3 Å². The third kappa shape index (κ3) is 4.55. The SMILES string of the molecule is Cc1cc(=O)oc2cc(OCC(=O)N(CCC#N)c3ccccc3F)c(Cl)cc12. The first-order valence-electron chi connectivity index (χ1n) is 8.69. The smallest absolute Gasteiger partial charge is 0.336 e. The van der Waals surface area contributed by atoms with Gasteiger partial charge in [0.1, 0.15) is 17.1 Å². The van der Waals surface area contributed by atoms with Crippen LogP contribution in [0.5, 0.6) is 5.75 Å². The van der Waals surface area contributed by atoms with E-state index in [2.05, 4.69) is 0 Å². The zero-order valence-electron chi connectivity index (χ0n) is 15.4. The van der Waals surface area contributed by atoms with Crippen molar-refractivity contribution in [3.05, 3.63) is 69.3 Å². The molecule has 3 rings (SSSR count). The number of ether oxygens (including phenoxy) is 1. The normalized spacial score (nSPS) is 10.6. The van der Waals surface area contributed by atoms with Crippen LogP contribution in [-0.2, 0) is 4.79 Å². The number of halogens is 2. The van der Waals surface area contributed by atoms with E-state index < -0.39 is 24.0 Å². The van der Waals surface area contributed by atoms with Crippen molar-refractivity contribution in [2.75, 3.05) is 18.1 Å². The Hall–Kier alpha value is -3.37. The number of rotatable bonds is 6. The molecule has 1 aromatic heterocycles. The highest BCUT2D eigenvalue weighted by Crippen LogP contribution is 2.31. The monoisotopic (exact) mass is 414 g/mol. The molecule has 0 saturated carbocycles. The number of hydrogen-bond donors (Lipinski definition) is 0. The van der Waals surface area contributed by atoms with E-state index >= 15 is 0 Å². The van der Waals surface area contributed by atoms with Crippen molar-refractivity contribution >= 4 is 34.2 Å². The number of aryl methyl sites for hydroxylation is 1. The summed E-state index contributed by atoms with van der Waals surface area (Å²) >= 11 is 6.23. The van der Waals surface area contributed by atoms with Gasteiger partial charge in [-0.3, -0.25) is 4.79 Å². The van der Waals surface area contributed by atoms with Gasteiger partial charge in [0.15, 0.2) is 6.61 Å². The predicted octanol–water partition coefficient (Wildman–Crippen LogP) is 4.22. The Bertz CT molecular complexity index is 1170. The molecule has 0 aliphatic heterocycles. The Morgan fingerprint density at radius 2 is 2.07 bits per heavy atom. The molecule has 0 saturated heterocycles. The summed E-state index contributed by atoms with van der Waals surface area (Å²) in [7, 11) is 0. The van der Waals surface area contributed by atoms with Gasteiger partial charge in [-0.15, -0.1) is 0 Å². The molecule has 0 unspecified atom stereocenters. The zero-order chi connectivity index (χ0) is 21.0. The molecule has 0 radical (unpaired) electrons. The molecule has 3 aromatic rings. The van der Waals surface area contributed by atoms with E-state index in [9.17, 15) is 14.0 Å². The molecule has 148 valence electrons. The van der Waals surface area contributed by atoms with E-state index in [1.165, 1.54) is 30.3 Å². The van der Waals surface area contributed by atoms with Gasteiger partial charge in [-0.25, -0.2) is 9.18 Å². The summed E-state index contributed by atoms with van der Waals surface area (Å²) in [5, 5.41) is 9.72. The molecule has 0 atom stereocenters. The highest BCUT2D eigenvalue weighted by molar-refractivity contribution is 6.32. The van der Waals surface area contributed by atoms with Crippen LogP contribution in [0.3, 0.4) is 0 Å². The molecule has 8 heteroatoms. The summed E-state index contributed by atoms with van der Waals surface area (Å²) in [5.41, 5.74) is 0.518. The van der Waals surface area contributed by atoms with Crippen LogP contribution < -0.4 is 15.3 Å². The molecular weight excluding hydrogens is 399 g/mol. The minimum atomic E-state index is -0.584. The van der Waals surface area contributed by atoms with Gasteiger partial charge in [-0.05, 0) is 30.7 Å². The molecule has 2 aromatic carbocycles. The number of carbonyl (C=O) groups excluding carboxylic acids is 1. The average Bonchev–Trinajstić information content (AvgIpc) is 2.68. The Morgan fingerprint density at radius 1 is 1.31 bits per heavy atom. The van der Waals surface area contributed by atoms with Gasteiger partial charge < -0.3 is 14.1 Å². The molecule has 6 nitrogen and oxygen atoms in total. The fraction of sp³-hybridized carbons (Fsp3) is 0.190. The third-order valence-corrected chi connectivity index (χ3v) is 4.54. The van der Waals surface area contributed by atoms with E-state index in [4.69, 9.17) is 26.0 Å². The second-order valence-electron chi connectivity index (χ2n) is 6.22. The lowest BCUT2D eigenvalue weighted by Crippen LogP contribution is -2.36. The van der Waals surface area contributed by atoms with Crippen LogP contribution in [0.2, 0.25) is 5.02 Å². The molecule has 0 aliphatic carbocycles. The van der Waals surface area contributed by atoms with Gasteiger partial charge in [0.2, 0.25) is 0 Å². The van der Waals surface area contributed by atoms with Crippen molar-refractivity contribution in [2.45, 2.75) is 13.3 Å². The first-order chi connectivity index (χ1) is 13.9. The van der Waals surface area contributed by atoms with Crippen LogP contribution in [0.4, 0.5) is 10.1 Å². The largest absolute Gasteiger partial charge is 0.482 e. The van der Waals surface area contributed by atoms with Crippen LogP contribution in [0.25, 0.3) is 11.0 Å². The molecule has 0 N–H and O–H groups in total. The lowest BCUT2D eigenvalue weighted by atomic mass is 10.1. The Balaban J connectivity index is 1.84. The van der Waals surface area contributed by atoms with Gasteiger partial charge in [0, 0.05) is 24.1 Å². The highest BCUT2D eigenvalue weighted by Gasteiger charge is 2.20. The van der Waals surface area contributed by atoms with Crippen molar-refractivity contribution in [1.82, 2.24) is 0 Å². The molecular formula is C21H16ClFN2O4. The maximum Gasteiger partial charge on any atom is 0.336 e. The molecule has 0 spiro atoms. The van der Waals surface area contributed by atoms with E-state index in [1.807, 2.05) is 6.07 Å². The second-order valence-corrected chi connectivity index (χ2v) is 6.63. The first kappa shape index (κ1) is 20.4. The molecule has 0 bridgehead atoms. The molecule has 1 heterocycles. The Morgan fingerprint density at radius 3 is 2.79 bits per heavy atom. The van der Waals surface area contributed by atoms with E-state index in [0.29, 0.717) is 10.9 Å². The van der Waals surface area contributed by atoms with E-state index in [-0.39, 0.29) is 35.0 Å². The number of carbonyl (C=O) groups is 1. The maximum atomic E-state index is 14.1. The average molecular weight is 415 g/mol. The van der Waals surface area contributed by atoms with Crippen molar-refractivity contribution in [1.29, 1.82) is 5.26 Å². The second kappa shape index (κ2) is 8.76. The summed E-state index contributed by atoms with van der Waals surface area (Å²) in [5.74, 6) is -0.984. The summed E-state index contributed by atoms with van der Waals surface area (Å²) in [6.45, 7) is 1.32. The number of anilines is 1. The number of nitrogens with zero attached hydrogens (tertiary/aromatic N) is 2. The molecule has 0 aliphatic rings. The minimum absolute atomic E-state index is 0.0130. The first-order valence-corrected chi connectivity index (χ1v) is 9.07. The van der Waals surface area contributed by atoms with Gasteiger partial charge >= 0.3 is 5.63 Å². The van der Waals surface area contributed by atoms with Crippen LogP contribution in [0.1, 0.15) is 12.0 Å². The topological polar surface area (TPSA) is 83.5 Å². The van der Waals surface area contributed by atoms with Crippen molar-refractivity contribution in [2.24, 2.45) is 0 Å². The van der Waals surface area contributed by atoms with Crippen LogP contribution >= 0.6 is 11.6 Å². The summed E-state index contributed by atoms with van der Waals surface area (Å²) in [6, 6.07) is 12.1. The lowest BCUT2D eigenvalue weighted by Gasteiger charge is -2.22. The number of hydrogen-bond acceptors (Lipinski definition) is 5. The summed E-state index contributed by atoms with van der Waals surface area (Å²) in [4.78, 5) is 25.4. The number of benzene rings is 2. The third-order valence-electron chi connectivity index (χ3n) is 4.25. The molecule has 29 heavy (non-hydrogen) atoms. The van der Waals surface area contributed by atoms with Gasteiger partial charge in [0.05, 0.1) is 23.2 Å². The van der Waals surface area contributed by atoms with Gasteiger partial charge in [-0.1, -0.05) is 23.7 Å². The molecule has 0 fully saturated rings. The molecule has 1 amide bonds. The van der Waals surface area contributed by atoms with Crippen molar-refractivity contribution in [3.63, 3.8) is 0 Å². The number of amides is 1. The summed E-state index contributed by atoms with van der Waals surface area (Å²) < 4.78 is 24.8. The van der Waals surface area contributed by atoms with E-state index in [0.717, 1.165) is 4.90 Å². The maximum absolute atomic E-state index is 14.1. The van der Waals surface area contributed by atoms with Crippen LogP contribution in [-0.4, -0.2) is 19.1 Å². The number of nitriles is 1. The van der Waals surface area contributed by atoms with Crippen LogP contribution in [0.15, 0.2) is 51.7 Å². The predicted molar refractivity (Wildman–Crippen MR) is 107 cm³/mol. The number of para-hydroxylation sites is 1. The van der Waals surface area contributed by atoms with Gasteiger partial charge in [0.25, 0.3) is 5.91 Å². The minimum Gasteiger partial charge on any atom is -0.482 e. The summed E-state index contributed by atoms with van der Waals surface area (Å²) in [6.07, 6.45) is 0.0290. The van der Waals surface area contributed by atoms with E-state index in [1.54, 1.807) is 19.1 Å². The zero-order valence-corrected chi connectivity index (χ0v) is 16.2. The standard InChI is InChI=1S/C21H16ClFN2O4/c1-13-9-21(27)29-18-11-19(15(22)10-14(13)18)28-12-20(26)25(8-4-7-24)17-6-3-2-5-16(17)23/h2-3,5-6,9-11H,4,8,12H2,1H3.